The summed E-state index contributed by atoms with van der Waals surface area (Å²) >= 11 is 0. The molecule has 4 rings (SSSR count). The Morgan fingerprint density at radius 1 is 0.824 bits per heavy atom. The molecule has 4 fully saturated rings. The predicted molar refractivity (Wildman–Crippen MR) is 147 cm³/mol. The van der Waals surface area contributed by atoms with E-state index in [0.717, 1.165) is 24.2 Å². The van der Waals surface area contributed by atoms with E-state index in [0.29, 0.717) is 23.2 Å². The molecule has 4 aliphatic carbocycles. The molecule has 0 aromatic heterocycles. The van der Waals surface area contributed by atoms with Crippen LogP contribution in [0.5, 0.6) is 0 Å². The molecule has 0 N–H and O–H groups in total. The highest BCUT2D eigenvalue weighted by Gasteiger charge is 2.60. The Kier molecular flexibility index (Phi) is 8.76. The van der Waals surface area contributed by atoms with Crippen LogP contribution in [0.1, 0.15) is 131 Å². The zero-order valence-corrected chi connectivity index (χ0v) is 24.4. The molecule has 7 atom stereocenters. The van der Waals surface area contributed by atoms with Gasteiger partial charge in [0.1, 0.15) is 5.78 Å². The average molecular weight is 489 g/mol. The van der Waals surface area contributed by atoms with Gasteiger partial charge in [-0.15, -0.1) is 0 Å². The fourth-order valence-corrected chi connectivity index (χ4v) is 14.5. The van der Waals surface area contributed by atoms with Gasteiger partial charge in [0, 0.05) is 17.9 Å². The number of unbranched alkanes of at least 4 members (excludes halogenated alkanes) is 3. The third-order valence-corrected chi connectivity index (χ3v) is 16.3. The van der Waals surface area contributed by atoms with E-state index in [4.69, 9.17) is 4.43 Å². The second-order valence-electron chi connectivity index (χ2n) is 13.6. The third kappa shape index (κ3) is 5.00. The standard InChI is InChI=1S/C31H56O2Si/c1-6-9-20-34(21-10-7-2,22-11-8-3)33-25-16-18-30(4)24(23-25)12-13-26-27-14-15-29(32)31(27,5)19-17-28(26)30/h24-28H,6-23H2,1-5H3. The highest BCUT2D eigenvalue weighted by molar-refractivity contribution is 6.73. The Hall–Kier alpha value is -0.153. The van der Waals surface area contributed by atoms with Gasteiger partial charge in [-0.3, -0.25) is 4.79 Å². The van der Waals surface area contributed by atoms with E-state index >= 15 is 0 Å². The molecule has 2 nitrogen and oxygen atoms in total. The fraction of sp³-hybridized carbons (Fsp3) is 0.968. The van der Waals surface area contributed by atoms with Gasteiger partial charge in [0.2, 0.25) is 0 Å². The molecule has 196 valence electrons. The van der Waals surface area contributed by atoms with Gasteiger partial charge in [-0.2, -0.15) is 0 Å². The van der Waals surface area contributed by atoms with Gasteiger partial charge in [-0.1, -0.05) is 73.1 Å². The molecule has 4 saturated carbocycles. The van der Waals surface area contributed by atoms with Crippen molar-refractivity contribution in [2.75, 3.05) is 0 Å². The molecule has 0 aromatic rings. The van der Waals surface area contributed by atoms with Crippen LogP contribution in [0, 0.1) is 34.5 Å². The van der Waals surface area contributed by atoms with Crippen molar-refractivity contribution in [1.82, 2.24) is 0 Å². The van der Waals surface area contributed by atoms with Crippen molar-refractivity contribution in [2.24, 2.45) is 34.5 Å². The summed E-state index contributed by atoms with van der Waals surface area (Å²) in [6.07, 6.45) is 19.9. The first-order valence-corrected chi connectivity index (χ1v) is 18.1. The number of rotatable bonds is 11. The number of hydrogen-bond donors (Lipinski definition) is 0. The highest BCUT2D eigenvalue weighted by Crippen LogP contribution is 2.65. The molecule has 4 aliphatic rings. The van der Waals surface area contributed by atoms with Crippen LogP contribution in [0.3, 0.4) is 0 Å². The largest absolute Gasteiger partial charge is 0.414 e. The zero-order chi connectivity index (χ0) is 24.4. The maximum atomic E-state index is 12.8. The minimum atomic E-state index is -1.63. The van der Waals surface area contributed by atoms with Crippen LogP contribution in [0.25, 0.3) is 0 Å². The lowest BCUT2D eigenvalue weighted by Gasteiger charge is -2.60. The molecular formula is C31H56O2Si. The van der Waals surface area contributed by atoms with E-state index in [-0.39, 0.29) is 5.41 Å². The quantitative estimate of drug-likeness (QED) is 0.271. The Balaban J connectivity index is 1.45. The Morgan fingerprint density at radius 3 is 2.09 bits per heavy atom. The Labute approximate surface area is 212 Å². The molecule has 34 heavy (non-hydrogen) atoms. The van der Waals surface area contributed by atoms with Gasteiger partial charge in [0.05, 0.1) is 0 Å². The van der Waals surface area contributed by atoms with Crippen molar-refractivity contribution in [3.63, 3.8) is 0 Å². The molecule has 3 heteroatoms. The van der Waals surface area contributed by atoms with Gasteiger partial charge in [-0.25, -0.2) is 0 Å². The number of hydrogen-bond acceptors (Lipinski definition) is 2. The molecule has 0 heterocycles. The van der Waals surface area contributed by atoms with Gasteiger partial charge in [0.25, 0.3) is 0 Å². The van der Waals surface area contributed by atoms with Gasteiger partial charge in [-0.05, 0) is 98.6 Å². The topological polar surface area (TPSA) is 26.3 Å². The molecule has 0 spiro atoms. The zero-order valence-electron chi connectivity index (χ0n) is 23.4. The molecule has 0 aliphatic heterocycles. The normalized spacial score (nSPS) is 40.0. The van der Waals surface area contributed by atoms with Crippen LogP contribution >= 0.6 is 0 Å². The number of Topliss-reactive ketones (excluding diaryl/α,β-unsaturated/α-hetero) is 1. The Morgan fingerprint density at radius 2 is 1.47 bits per heavy atom. The maximum Gasteiger partial charge on any atom is 0.193 e. The SMILES string of the molecule is CCCC[Si](CCCC)(CCCC)OC1CCC2(C)C(CCC3C4CCC(=O)C4(C)CCC32)C1. The first-order chi connectivity index (χ1) is 16.3. The summed E-state index contributed by atoms with van der Waals surface area (Å²) in [6, 6.07) is 4.21. The van der Waals surface area contributed by atoms with E-state index in [1.165, 1.54) is 108 Å². The number of fused-ring (bicyclic) bond motifs is 5. The van der Waals surface area contributed by atoms with Crippen LogP contribution < -0.4 is 0 Å². The number of ketones is 1. The fourth-order valence-electron chi connectivity index (χ4n) is 9.50. The Bertz CT molecular complexity index is 669. The lowest BCUT2D eigenvalue weighted by atomic mass is 9.45. The lowest BCUT2D eigenvalue weighted by molar-refractivity contribution is -0.141. The second-order valence-corrected chi connectivity index (χ2v) is 17.7. The van der Waals surface area contributed by atoms with E-state index in [1.54, 1.807) is 0 Å². The number of carbonyl (C=O) groups is 1. The van der Waals surface area contributed by atoms with Crippen LogP contribution in [0.15, 0.2) is 0 Å². The van der Waals surface area contributed by atoms with Gasteiger partial charge >= 0.3 is 0 Å². The summed E-state index contributed by atoms with van der Waals surface area (Å²) in [7, 11) is -1.63. The molecule has 0 aromatic carbocycles. The minimum absolute atomic E-state index is 0.0215. The summed E-state index contributed by atoms with van der Waals surface area (Å²) in [6.45, 7) is 12.1. The van der Waals surface area contributed by atoms with E-state index in [1.807, 2.05) is 0 Å². The van der Waals surface area contributed by atoms with Crippen molar-refractivity contribution in [1.29, 1.82) is 0 Å². The van der Waals surface area contributed by atoms with E-state index in [2.05, 4.69) is 34.6 Å². The first-order valence-electron chi connectivity index (χ1n) is 15.5. The third-order valence-electron chi connectivity index (χ3n) is 11.7. The van der Waals surface area contributed by atoms with Crippen LogP contribution in [0.4, 0.5) is 0 Å². The maximum absolute atomic E-state index is 12.8. The molecule has 0 radical (unpaired) electrons. The van der Waals surface area contributed by atoms with E-state index < -0.39 is 8.32 Å². The van der Waals surface area contributed by atoms with Crippen molar-refractivity contribution in [3.05, 3.63) is 0 Å². The minimum Gasteiger partial charge on any atom is -0.414 e. The first kappa shape index (κ1) is 26.9. The van der Waals surface area contributed by atoms with Crippen molar-refractivity contribution >= 4 is 14.1 Å². The predicted octanol–water partition coefficient (Wildman–Crippen LogP) is 9.33. The second kappa shape index (κ2) is 11.1. The van der Waals surface area contributed by atoms with Crippen molar-refractivity contribution in [3.8, 4) is 0 Å². The lowest BCUT2D eigenvalue weighted by Crippen LogP contribution is -2.55. The van der Waals surface area contributed by atoms with E-state index in [9.17, 15) is 4.79 Å². The summed E-state index contributed by atoms with van der Waals surface area (Å²) in [5, 5.41) is 0. The monoisotopic (exact) mass is 488 g/mol. The molecule has 0 saturated heterocycles. The summed E-state index contributed by atoms with van der Waals surface area (Å²) < 4.78 is 7.41. The molecule has 7 unspecified atom stereocenters. The average Bonchev–Trinajstić information content (AvgIpc) is 3.14. The van der Waals surface area contributed by atoms with Crippen LogP contribution in [-0.4, -0.2) is 20.2 Å². The molecular weight excluding hydrogens is 432 g/mol. The van der Waals surface area contributed by atoms with Crippen molar-refractivity contribution < 1.29 is 9.22 Å². The van der Waals surface area contributed by atoms with Gasteiger partial charge in [0.15, 0.2) is 8.32 Å². The van der Waals surface area contributed by atoms with Crippen molar-refractivity contribution in [2.45, 2.75) is 155 Å². The molecule has 0 bridgehead atoms. The summed E-state index contributed by atoms with van der Waals surface area (Å²) in [5.41, 5.74) is 0.518. The molecule has 0 amide bonds. The smallest absolute Gasteiger partial charge is 0.193 e. The summed E-state index contributed by atoms with van der Waals surface area (Å²) in [5.74, 6) is 3.80. The van der Waals surface area contributed by atoms with Crippen LogP contribution in [0.2, 0.25) is 18.1 Å². The van der Waals surface area contributed by atoms with Crippen LogP contribution in [-0.2, 0) is 9.22 Å². The number of carbonyl (C=O) groups excluding carboxylic acids is 1. The van der Waals surface area contributed by atoms with Gasteiger partial charge < -0.3 is 4.43 Å². The summed E-state index contributed by atoms with van der Waals surface area (Å²) in [4.78, 5) is 12.8. The highest BCUT2D eigenvalue weighted by atomic mass is 28.4.